The van der Waals surface area contributed by atoms with Crippen molar-refractivity contribution in [3.8, 4) is 6.07 Å². The molecule has 0 aromatic heterocycles. The Kier molecular flexibility index (Phi) is 3.23. The Bertz CT molecular complexity index is 447. The van der Waals surface area contributed by atoms with Crippen LogP contribution in [0.25, 0.3) is 0 Å². The van der Waals surface area contributed by atoms with Gasteiger partial charge in [0, 0.05) is 24.5 Å². The van der Waals surface area contributed by atoms with Gasteiger partial charge in [-0.05, 0) is 36.5 Å². The van der Waals surface area contributed by atoms with Gasteiger partial charge >= 0.3 is 0 Å². The van der Waals surface area contributed by atoms with Crippen molar-refractivity contribution >= 4 is 11.4 Å². The second-order valence-corrected chi connectivity index (χ2v) is 5.07. The van der Waals surface area contributed by atoms with Crippen LogP contribution < -0.4 is 10.6 Å². The van der Waals surface area contributed by atoms with Crippen molar-refractivity contribution in [3.05, 3.63) is 23.8 Å². The molecular formula is C14H19N3. The lowest BCUT2D eigenvalue weighted by Crippen LogP contribution is -2.38. The lowest BCUT2D eigenvalue weighted by atomic mass is 9.88. The smallest absolute Gasteiger partial charge is 0.101 e. The first-order chi connectivity index (χ1) is 8.11. The van der Waals surface area contributed by atoms with Gasteiger partial charge in [0.25, 0.3) is 0 Å². The number of anilines is 2. The molecule has 2 rings (SSSR count). The van der Waals surface area contributed by atoms with Crippen molar-refractivity contribution in [2.24, 2.45) is 11.8 Å². The minimum absolute atomic E-state index is 0.565. The summed E-state index contributed by atoms with van der Waals surface area (Å²) >= 11 is 0. The van der Waals surface area contributed by atoms with Crippen molar-refractivity contribution in [3.63, 3.8) is 0 Å². The van der Waals surface area contributed by atoms with Gasteiger partial charge < -0.3 is 10.6 Å². The van der Waals surface area contributed by atoms with Crippen molar-refractivity contribution in [1.82, 2.24) is 0 Å². The standard InChI is InChI=1S/C14H19N3/c1-10-5-6-17(9-11(10)2)13-3-4-14(16)12(7-13)8-15/h3-4,7,10-11H,5-6,9,16H2,1-2H3. The van der Waals surface area contributed by atoms with E-state index in [0.717, 1.165) is 24.7 Å². The summed E-state index contributed by atoms with van der Waals surface area (Å²) in [5.74, 6) is 1.49. The Morgan fingerprint density at radius 2 is 2.12 bits per heavy atom. The average Bonchev–Trinajstić information content (AvgIpc) is 2.33. The molecule has 0 saturated carbocycles. The number of hydrogen-bond acceptors (Lipinski definition) is 3. The molecule has 1 aromatic rings. The van der Waals surface area contributed by atoms with Gasteiger partial charge in [0.1, 0.15) is 6.07 Å². The van der Waals surface area contributed by atoms with Crippen LogP contribution in [0.2, 0.25) is 0 Å². The summed E-state index contributed by atoms with van der Waals surface area (Å²) in [7, 11) is 0. The highest BCUT2D eigenvalue weighted by Gasteiger charge is 2.22. The van der Waals surface area contributed by atoms with Crippen LogP contribution in [-0.4, -0.2) is 13.1 Å². The molecule has 1 heterocycles. The van der Waals surface area contributed by atoms with Crippen molar-refractivity contribution in [2.75, 3.05) is 23.7 Å². The molecule has 3 nitrogen and oxygen atoms in total. The zero-order valence-electron chi connectivity index (χ0n) is 10.5. The minimum atomic E-state index is 0.565. The van der Waals surface area contributed by atoms with Crippen LogP contribution in [0.15, 0.2) is 18.2 Å². The molecule has 0 radical (unpaired) electrons. The monoisotopic (exact) mass is 229 g/mol. The number of hydrogen-bond donors (Lipinski definition) is 1. The number of nitrogen functional groups attached to an aromatic ring is 1. The van der Waals surface area contributed by atoms with E-state index in [-0.39, 0.29) is 0 Å². The van der Waals surface area contributed by atoms with Gasteiger partial charge in [0.15, 0.2) is 0 Å². The third-order valence-electron chi connectivity index (χ3n) is 3.86. The van der Waals surface area contributed by atoms with Crippen LogP contribution in [0, 0.1) is 23.2 Å². The lowest BCUT2D eigenvalue weighted by molar-refractivity contribution is 0.324. The zero-order chi connectivity index (χ0) is 12.4. The van der Waals surface area contributed by atoms with Gasteiger partial charge in [-0.25, -0.2) is 0 Å². The quantitative estimate of drug-likeness (QED) is 0.753. The van der Waals surface area contributed by atoms with Gasteiger partial charge in [0.05, 0.1) is 5.56 Å². The van der Waals surface area contributed by atoms with Gasteiger partial charge in [0.2, 0.25) is 0 Å². The van der Waals surface area contributed by atoms with Crippen molar-refractivity contribution < 1.29 is 0 Å². The topological polar surface area (TPSA) is 53.0 Å². The Labute approximate surface area is 103 Å². The molecule has 0 spiro atoms. The lowest BCUT2D eigenvalue weighted by Gasteiger charge is -2.37. The number of nitriles is 1. The van der Waals surface area contributed by atoms with E-state index >= 15 is 0 Å². The first-order valence-corrected chi connectivity index (χ1v) is 6.16. The highest BCUT2D eigenvalue weighted by molar-refractivity contribution is 5.62. The molecule has 1 aliphatic heterocycles. The maximum absolute atomic E-state index is 8.99. The molecule has 2 N–H and O–H groups in total. The second-order valence-electron chi connectivity index (χ2n) is 5.07. The predicted molar refractivity (Wildman–Crippen MR) is 70.7 cm³/mol. The van der Waals surface area contributed by atoms with Crippen LogP contribution in [-0.2, 0) is 0 Å². The fourth-order valence-corrected chi connectivity index (χ4v) is 2.34. The first kappa shape index (κ1) is 11.8. The van der Waals surface area contributed by atoms with E-state index in [4.69, 9.17) is 11.0 Å². The van der Waals surface area contributed by atoms with E-state index in [1.54, 1.807) is 0 Å². The summed E-state index contributed by atoms with van der Waals surface area (Å²) in [6.07, 6.45) is 1.22. The molecule has 0 amide bonds. The predicted octanol–water partition coefficient (Wildman–Crippen LogP) is 2.62. The van der Waals surface area contributed by atoms with Crippen molar-refractivity contribution in [1.29, 1.82) is 5.26 Å². The average molecular weight is 229 g/mol. The molecule has 0 aliphatic carbocycles. The Morgan fingerprint density at radius 3 is 2.76 bits per heavy atom. The third kappa shape index (κ3) is 2.36. The number of rotatable bonds is 1. The number of piperidine rings is 1. The molecule has 1 aromatic carbocycles. The molecule has 0 bridgehead atoms. The number of nitrogens with two attached hydrogens (primary N) is 1. The van der Waals surface area contributed by atoms with Crippen LogP contribution in [0.4, 0.5) is 11.4 Å². The van der Waals surface area contributed by atoms with E-state index in [2.05, 4.69) is 24.8 Å². The van der Waals surface area contributed by atoms with E-state index in [1.165, 1.54) is 6.42 Å². The first-order valence-electron chi connectivity index (χ1n) is 6.16. The van der Waals surface area contributed by atoms with Crippen LogP contribution in [0.3, 0.4) is 0 Å². The van der Waals surface area contributed by atoms with Crippen LogP contribution in [0.5, 0.6) is 0 Å². The minimum Gasteiger partial charge on any atom is -0.398 e. The molecule has 1 fully saturated rings. The molecule has 2 atom stereocenters. The fourth-order valence-electron chi connectivity index (χ4n) is 2.34. The Balaban J connectivity index is 2.21. The molecule has 90 valence electrons. The molecule has 1 aliphatic rings. The van der Waals surface area contributed by atoms with Crippen LogP contribution >= 0.6 is 0 Å². The molecule has 2 unspecified atom stereocenters. The highest BCUT2D eigenvalue weighted by atomic mass is 15.1. The zero-order valence-corrected chi connectivity index (χ0v) is 10.5. The summed E-state index contributed by atoms with van der Waals surface area (Å²) in [5.41, 5.74) is 8.00. The van der Waals surface area contributed by atoms with Gasteiger partial charge in [-0.15, -0.1) is 0 Å². The summed E-state index contributed by atoms with van der Waals surface area (Å²) < 4.78 is 0. The normalized spacial score (nSPS) is 24.4. The second kappa shape index (κ2) is 4.67. The highest BCUT2D eigenvalue weighted by Crippen LogP contribution is 2.28. The van der Waals surface area contributed by atoms with E-state index < -0.39 is 0 Å². The van der Waals surface area contributed by atoms with Gasteiger partial charge in [-0.1, -0.05) is 13.8 Å². The van der Waals surface area contributed by atoms with E-state index in [1.807, 2.05) is 18.2 Å². The maximum Gasteiger partial charge on any atom is 0.101 e. The largest absolute Gasteiger partial charge is 0.398 e. The van der Waals surface area contributed by atoms with E-state index in [0.29, 0.717) is 17.2 Å². The molecule has 17 heavy (non-hydrogen) atoms. The maximum atomic E-state index is 8.99. The molecular weight excluding hydrogens is 210 g/mol. The van der Waals surface area contributed by atoms with Gasteiger partial charge in [-0.2, -0.15) is 5.26 Å². The number of benzene rings is 1. The Hall–Kier alpha value is -1.69. The fraction of sp³-hybridized carbons (Fsp3) is 0.500. The van der Waals surface area contributed by atoms with Crippen molar-refractivity contribution in [2.45, 2.75) is 20.3 Å². The summed E-state index contributed by atoms with van der Waals surface area (Å²) in [6, 6.07) is 7.89. The van der Waals surface area contributed by atoms with Crippen LogP contribution in [0.1, 0.15) is 25.8 Å². The van der Waals surface area contributed by atoms with E-state index in [9.17, 15) is 0 Å². The van der Waals surface area contributed by atoms with Gasteiger partial charge in [-0.3, -0.25) is 0 Å². The summed E-state index contributed by atoms with van der Waals surface area (Å²) in [6.45, 7) is 6.74. The summed E-state index contributed by atoms with van der Waals surface area (Å²) in [4.78, 5) is 2.35. The third-order valence-corrected chi connectivity index (χ3v) is 3.86. The Morgan fingerprint density at radius 1 is 1.35 bits per heavy atom. The number of nitrogens with zero attached hydrogens (tertiary/aromatic N) is 2. The molecule has 3 heteroatoms. The SMILES string of the molecule is CC1CCN(c2ccc(N)c(C#N)c2)CC1C. The summed E-state index contributed by atoms with van der Waals surface area (Å²) in [5, 5.41) is 8.99. The molecule has 1 saturated heterocycles.